The summed E-state index contributed by atoms with van der Waals surface area (Å²) in [5.74, 6) is 0.320. The fourth-order valence-electron chi connectivity index (χ4n) is 2.05. The van der Waals surface area contributed by atoms with Gasteiger partial charge in [0.1, 0.15) is 5.82 Å². The van der Waals surface area contributed by atoms with Gasteiger partial charge >= 0.3 is 0 Å². The van der Waals surface area contributed by atoms with Gasteiger partial charge in [-0.2, -0.15) is 5.10 Å². The maximum Gasteiger partial charge on any atom is 0.271 e. The molecule has 5 nitrogen and oxygen atoms in total. The number of hydrazone groups is 1. The Morgan fingerprint density at radius 1 is 1.18 bits per heavy atom. The summed E-state index contributed by atoms with van der Waals surface area (Å²) in [6, 6.07) is 11.1. The van der Waals surface area contributed by atoms with Crippen LogP contribution in [0.15, 0.2) is 47.6 Å². The van der Waals surface area contributed by atoms with Gasteiger partial charge in [-0.25, -0.2) is 9.82 Å². The summed E-state index contributed by atoms with van der Waals surface area (Å²) in [4.78, 5) is 12.1. The van der Waals surface area contributed by atoms with Crippen LogP contribution in [0.3, 0.4) is 0 Å². The molecule has 2 aromatic rings. The molecule has 0 aromatic heterocycles. The zero-order valence-electron chi connectivity index (χ0n) is 11.8. The number of carbonyl (C=O) groups excluding carboxylic acids is 1. The Hall–Kier alpha value is -2.89. The van der Waals surface area contributed by atoms with Crippen molar-refractivity contribution in [1.82, 2.24) is 5.43 Å². The number of benzene rings is 2. The van der Waals surface area contributed by atoms with E-state index in [2.05, 4.69) is 10.5 Å². The van der Waals surface area contributed by atoms with Crippen molar-refractivity contribution in [1.29, 1.82) is 0 Å². The first-order valence-electron chi connectivity index (χ1n) is 6.64. The summed E-state index contributed by atoms with van der Waals surface area (Å²) in [6.07, 6.45) is 0. The third kappa shape index (κ3) is 2.76. The Morgan fingerprint density at radius 3 is 2.77 bits per heavy atom. The Balaban J connectivity index is 1.74. The zero-order chi connectivity index (χ0) is 15.5. The second-order valence-electron chi connectivity index (χ2n) is 4.69. The molecule has 1 aliphatic rings. The van der Waals surface area contributed by atoms with E-state index >= 15 is 0 Å². The van der Waals surface area contributed by atoms with Gasteiger partial charge in [0.25, 0.3) is 5.91 Å². The van der Waals surface area contributed by atoms with E-state index in [9.17, 15) is 9.18 Å². The minimum Gasteiger partial charge on any atom is -0.454 e. The van der Waals surface area contributed by atoms with Crippen LogP contribution in [-0.4, -0.2) is 18.4 Å². The number of halogens is 1. The highest BCUT2D eigenvalue weighted by molar-refractivity contribution is 6.01. The average Bonchev–Trinajstić information content (AvgIpc) is 3.00. The predicted octanol–water partition coefficient (Wildman–Crippen LogP) is 2.71. The Morgan fingerprint density at radius 2 is 1.95 bits per heavy atom. The molecule has 0 saturated heterocycles. The third-order valence-corrected chi connectivity index (χ3v) is 3.22. The summed E-state index contributed by atoms with van der Waals surface area (Å²) in [6.45, 7) is 1.77. The lowest BCUT2D eigenvalue weighted by Gasteiger charge is -2.04. The van der Waals surface area contributed by atoms with Gasteiger partial charge in [-0.05, 0) is 31.2 Å². The number of hydrogen-bond acceptors (Lipinski definition) is 4. The van der Waals surface area contributed by atoms with Crippen LogP contribution in [0.1, 0.15) is 22.8 Å². The summed E-state index contributed by atoms with van der Waals surface area (Å²) in [5.41, 5.74) is 3.51. The molecule has 0 fully saturated rings. The van der Waals surface area contributed by atoms with Crippen molar-refractivity contribution >= 4 is 11.6 Å². The minimum atomic E-state index is -0.408. The SMILES string of the molecule is C/C(=N\NC(=O)c1ccc2c(c1)OCO2)c1ccccc1F. The molecule has 22 heavy (non-hydrogen) atoms. The quantitative estimate of drug-likeness (QED) is 0.700. The molecular weight excluding hydrogens is 287 g/mol. The van der Waals surface area contributed by atoms with Gasteiger partial charge in [-0.3, -0.25) is 4.79 Å². The first-order valence-corrected chi connectivity index (χ1v) is 6.64. The maximum atomic E-state index is 13.6. The summed E-state index contributed by atoms with van der Waals surface area (Å²) in [7, 11) is 0. The molecule has 1 heterocycles. The molecule has 1 amide bonds. The van der Waals surface area contributed by atoms with Gasteiger partial charge in [-0.15, -0.1) is 0 Å². The molecule has 0 unspecified atom stereocenters. The Bertz CT molecular complexity index is 759. The van der Waals surface area contributed by atoms with Crippen molar-refractivity contribution in [3.05, 3.63) is 59.4 Å². The third-order valence-electron chi connectivity index (χ3n) is 3.22. The highest BCUT2D eigenvalue weighted by Crippen LogP contribution is 2.32. The first-order chi connectivity index (χ1) is 10.6. The summed E-state index contributed by atoms with van der Waals surface area (Å²) in [5, 5.41) is 3.93. The fraction of sp³-hybridized carbons (Fsp3) is 0.125. The zero-order valence-corrected chi connectivity index (χ0v) is 11.8. The number of nitrogens with zero attached hydrogens (tertiary/aromatic N) is 1. The number of nitrogens with one attached hydrogen (secondary N) is 1. The topological polar surface area (TPSA) is 59.9 Å². The monoisotopic (exact) mass is 300 g/mol. The molecule has 3 rings (SSSR count). The van der Waals surface area contributed by atoms with Crippen LogP contribution in [0.2, 0.25) is 0 Å². The van der Waals surface area contributed by atoms with Crippen LogP contribution in [0.4, 0.5) is 4.39 Å². The van der Waals surface area contributed by atoms with Crippen molar-refractivity contribution in [3.63, 3.8) is 0 Å². The van der Waals surface area contributed by atoms with Crippen LogP contribution in [0.25, 0.3) is 0 Å². The molecule has 0 radical (unpaired) electrons. The molecule has 0 spiro atoms. The lowest BCUT2D eigenvalue weighted by molar-refractivity contribution is 0.0954. The van der Waals surface area contributed by atoms with E-state index < -0.39 is 5.91 Å². The summed E-state index contributed by atoms with van der Waals surface area (Å²) >= 11 is 0. The molecule has 112 valence electrons. The fourth-order valence-corrected chi connectivity index (χ4v) is 2.05. The number of amides is 1. The summed E-state index contributed by atoms with van der Waals surface area (Å²) < 4.78 is 24.0. The number of ether oxygens (including phenoxy) is 2. The van der Waals surface area contributed by atoms with Gasteiger partial charge < -0.3 is 9.47 Å². The molecule has 2 aromatic carbocycles. The molecule has 0 atom stereocenters. The first kappa shape index (κ1) is 14.1. The van der Waals surface area contributed by atoms with Gasteiger partial charge in [0.2, 0.25) is 6.79 Å². The van der Waals surface area contributed by atoms with E-state index in [1.807, 2.05) is 0 Å². The highest BCUT2D eigenvalue weighted by Gasteiger charge is 2.16. The Labute approximate surface area is 126 Å². The molecule has 0 aliphatic carbocycles. The van der Waals surface area contributed by atoms with E-state index in [1.165, 1.54) is 6.07 Å². The van der Waals surface area contributed by atoms with Gasteiger partial charge in [0.15, 0.2) is 11.5 Å². The second-order valence-corrected chi connectivity index (χ2v) is 4.69. The van der Waals surface area contributed by atoms with Crippen molar-refractivity contribution in [2.45, 2.75) is 6.92 Å². The van der Waals surface area contributed by atoms with Crippen LogP contribution in [-0.2, 0) is 0 Å². The molecule has 6 heteroatoms. The number of fused-ring (bicyclic) bond motifs is 1. The smallest absolute Gasteiger partial charge is 0.271 e. The average molecular weight is 300 g/mol. The normalized spacial score (nSPS) is 13.1. The maximum absolute atomic E-state index is 13.6. The number of hydrogen-bond donors (Lipinski definition) is 1. The van der Waals surface area contributed by atoms with Gasteiger partial charge in [0.05, 0.1) is 5.71 Å². The largest absolute Gasteiger partial charge is 0.454 e. The van der Waals surface area contributed by atoms with E-state index in [4.69, 9.17) is 9.47 Å². The lowest BCUT2D eigenvalue weighted by Crippen LogP contribution is -2.19. The van der Waals surface area contributed by atoms with Crippen LogP contribution in [0.5, 0.6) is 11.5 Å². The van der Waals surface area contributed by atoms with Crippen LogP contribution >= 0.6 is 0 Å². The molecule has 0 bridgehead atoms. The molecule has 0 saturated carbocycles. The minimum absolute atomic E-state index is 0.144. The van der Waals surface area contributed by atoms with Gasteiger partial charge in [-0.1, -0.05) is 18.2 Å². The number of rotatable bonds is 3. The van der Waals surface area contributed by atoms with Crippen LogP contribution in [0, 0.1) is 5.82 Å². The van der Waals surface area contributed by atoms with Crippen molar-refractivity contribution in [2.75, 3.05) is 6.79 Å². The highest BCUT2D eigenvalue weighted by atomic mass is 19.1. The van der Waals surface area contributed by atoms with E-state index in [0.29, 0.717) is 28.3 Å². The molecule has 1 aliphatic heterocycles. The Kier molecular flexibility index (Phi) is 3.74. The van der Waals surface area contributed by atoms with E-state index in [1.54, 1.807) is 43.3 Å². The van der Waals surface area contributed by atoms with E-state index in [0.717, 1.165) is 0 Å². The number of carbonyl (C=O) groups is 1. The van der Waals surface area contributed by atoms with Crippen molar-refractivity contribution in [2.24, 2.45) is 5.10 Å². The standard InChI is InChI=1S/C16H13FN2O3/c1-10(12-4-2-3-5-13(12)17)18-19-16(20)11-6-7-14-15(8-11)22-9-21-14/h2-8H,9H2,1H3,(H,19,20)/b18-10+. The molecular formula is C16H13FN2O3. The van der Waals surface area contributed by atoms with Crippen LogP contribution < -0.4 is 14.9 Å². The predicted molar refractivity (Wildman–Crippen MR) is 78.6 cm³/mol. The van der Waals surface area contributed by atoms with Crippen molar-refractivity contribution in [3.8, 4) is 11.5 Å². The van der Waals surface area contributed by atoms with Crippen molar-refractivity contribution < 1.29 is 18.7 Å². The van der Waals surface area contributed by atoms with E-state index in [-0.39, 0.29) is 12.6 Å². The lowest BCUT2D eigenvalue weighted by atomic mass is 10.1. The van der Waals surface area contributed by atoms with Gasteiger partial charge in [0, 0.05) is 11.1 Å². The molecule has 1 N–H and O–H groups in total. The second kappa shape index (κ2) is 5.85.